The molecule has 1 heterocycles. The van der Waals surface area contributed by atoms with Gasteiger partial charge < -0.3 is 0 Å². The van der Waals surface area contributed by atoms with Gasteiger partial charge in [-0.25, -0.2) is 0 Å². The molecule has 0 N–H and O–H groups in total. The van der Waals surface area contributed by atoms with Crippen molar-refractivity contribution < 1.29 is 0 Å². The number of fused-ring (bicyclic) bond motifs is 5. The van der Waals surface area contributed by atoms with E-state index in [1.807, 2.05) is 0 Å². The van der Waals surface area contributed by atoms with Gasteiger partial charge in [0, 0.05) is 31.7 Å². The molecule has 1 aliphatic carbocycles. The first-order valence-corrected chi connectivity index (χ1v) is 12.5. The van der Waals surface area contributed by atoms with Crippen molar-refractivity contribution in [3.05, 3.63) is 120 Å². The Hall–Kier alpha value is -3.95. The molecule has 0 atom stereocenters. The summed E-state index contributed by atoms with van der Waals surface area (Å²) in [7, 11) is 0. The van der Waals surface area contributed by atoms with E-state index in [9.17, 15) is 0 Å². The number of rotatable bonds is 3. The highest BCUT2D eigenvalue weighted by Crippen LogP contribution is 2.46. The van der Waals surface area contributed by atoms with E-state index in [1.54, 1.807) is 0 Å². The van der Waals surface area contributed by atoms with Crippen LogP contribution in [0.1, 0.15) is 22.7 Å². The summed E-state index contributed by atoms with van der Waals surface area (Å²) in [6, 6.07) is 37.6. The van der Waals surface area contributed by atoms with Crippen LogP contribution >= 0.6 is 0 Å². The molecule has 3 nitrogen and oxygen atoms in total. The number of hydrazone groups is 1. The molecule has 0 aromatic heterocycles. The molecule has 5 aromatic rings. The van der Waals surface area contributed by atoms with Gasteiger partial charge >= 0.3 is 0 Å². The van der Waals surface area contributed by atoms with E-state index in [4.69, 9.17) is 5.10 Å². The summed E-state index contributed by atoms with van der Waals surface area (Å²) < 4.78 is 0. The van der Waals surface area contributed by atoms with Crippen LogP contribution in [0.4, 0.5) is 0 Å². The van der Waals surface area contributed by atoms with Crippen molar-refractivity contribution >= 4 is 27.8 Å². The van der Waals surface area contributed by atoms with Crippen molar-refractivity contribution in [1.82, 2.24) is 9.91 Å². The maximum atomic E-state index is 4.99. The lowest BCUT2D eigenvalue weighted by atomic mass is 9.97. The predicted octanol–water partition coefficient (Wildman–Crippen LogP) is 6.71. The van der Waals surface area contributed by atoms with Crippen LogP contribution in [0.2, 0.25) is 0 Å². The minimum absolute atomic E-state index is 0.343. The van der Waals surface area contributed by atoms with Crippen LogP contribution in [0.3, 0.4) is 0 Å². The highest BCUT2D eigenvalue weighted by atomic mass is 15.5. The van der Waals surface area contributed by atoms with Gasteiger partial charge in [0.25, 0.3) is 0 Å². The fourth-order valence-corrected chi connectivity index (χ4v) is 5.93. The largest absolute Gasteiger partial charge is 0.294 e. The SMILES string of the molecule is C(=N/N1CCN(C2c3ccccc3-c3ccccc32)CC1)/c1c2ccccc2cc2ccccc12. The smallest absolute Gasteiger partial charge is 0.0615 e. The summed E-state index contributed by atoms with van der Waals surface area (Å²) in [6.45, 7) is 3.86. The highest BCUT2D eigenvalue weighted by Gasteiger charge is 2.33. The number of piperazine rings is 1. The quantitative estimate of drug-likeness (QED) is 0.223. The Bertz CT molecular complexity index is 1480. The maximum Gasteiger partial charge on any atom is 0.0615 e. The van der Waals surface area contributed by atoms with Gasteiger partial charge in [-0.1, -0.05) is 97.1 Å². The van der Waals surface area contributed by atoms with E-state index in [0.29, 0.717) is 6.04 Å². The third-order valence-corrected chi connectivity index (χ3v) is 7.62. The Labute approximate surface area is 205 Å². The van der Waals surface area contributed by atoms with Gasteiger partial charge in [0.05, 0.1) is 12.3 Å². The first-order chi connectivity index (χ1) is 17.4. The molecule has 0 radical (unpaired) electrons. The fraction of sp³-hybridized carbons (Fsp3) is 0.156. The average molecular weight is 454 g/mol. The molecule has 7 rings (SSSR count). The second-order valence-corrected chi connectivity index (χ2v) is 9.54. The van der Waals surface area contributed by atoms with Crippen LogP contribution in [-0.4, -0.2) is 42.3 Å². The Kier molecular flexibility index (Phi) is 4.88. The summed E-state index contributed by atoms with van der Waals surface area (Å²) in [4.78, 5) is 2.63. The van der Waals surface area contributed by atoms with Gasteiger partial charge in [0.2, 0.25) is 0 Å². The zero-order chi connectivity index (χ0) is 23.2. The molecular formula is C32H27N3. The molecule has 170 valence electrons. The second-order valence-electron chi connectivity index (χ2n) is 9.54. The molecule has 0 amide bonds. The van der Waals surface area contributed by atoms with Crippen molar-refractivity contribution in [3.63, 3.8) is 0 Å². The molecule has 3 heteroatoms. The zero-order valence-electron chi connectivity index (χ0n) is 19.6. The van der Waals surface area contributed by atoms with E-state index in [2.05, 4.69) is 119 Å². The molecule has 1 aliphatic heterocycles. The molecule has 0 saturated carbocycles. The lowest BCUT2D eigenvalue weighted by Crippen LogP contribution is -2.45. The molecule has 1 fully saturated rings. The van der Waals surface area contributed by atoms with Crippen molar-refractivity contribution in [3.8, 4) is 11.1 Å². The van der Waals surface area contributed by atoms with Crippen LogP contribution in [0.25, 0.3) is 32.7 Å². The monoisotopic (exact) mass is 453 g/mol. The van der Waals surface area contributed by atoms with E-state index in [0.717, 1.165) is 26.2 Å². The molecule has 5 aromatic carbocycles. The summed E-state index contributed by atoms with van der Waals surface area (Å²) in [6.07, 6.45) is 2.08. The Morgan fingerprint density at radius 3 is 1.71 bits per heavy atom. The van der Waals surface area contributed by atoms with Gasteiger partial charge in [-0.05, 0) is 49.9 Å². The molecule has 35 heavy (non-hydrogen) atoms. The first kappa shape index (κ1) is 20.4. The molecule has 0 spiro atoms. The van der Waals surface area contributed by atoms with Gasteiger partial charge in [-0.3, -0.25) is 9.91 Å². The van der Waals surface area contributed by atoms with E-state index >= 15 is 0 Å². The molecule has 1 saturated heterocycles. The Balaban J connectivity index is 1.15. The van der Waals surface area contributed by atoms with Gasteiger partial charge in [0.15, 0.2) is 0 Å². The first-order valence-electron chi connectivity index (χ1n) is 12.5. The normalized spacial score (nSPS) is 16.3. The average Bonchev–Trinajstić information content (AvgIpc) is 3.26. The van der Waals surface area contributed by atoms with Crippen LogP contribution < -0.4 is 0 Å². The third kappa shape index (κ3) is 3.43. The minimum atomic E-state index is 0.343. The van der Waals surface area contributed by atoms with Crippen LogP contribution in [0.15, 0.2) is 108 Å². The third-order valence-electron chi connectivity index (χ3n) is 7.62. The van der Waals surface area contributed by atoms with Gasteiger partial charge in [0.1, 0.15) is 0 Å². The highest BCUT2D eigenvalue weighted by molar-refractivity contribution is 6.13. The maximum absolute atomic E-state index is 4.99. The van der Waals surface area contributed by atoms with E-state index in [-0.39, 0.29) is 0 Å². The second kappa shape index (κ2) is 8.37. The minimum Gasteiger partial charge on any atom is -0.294 e. The van der Waals surface area contributed by atoms with Crippen molar-refractivity contribution in [2.45, 2.75) is 6.04 Å². The van der Waals surface area contributed by atoms with Crippen LogP contribution in [0, 0.1) is 0 Å². The summed E-state index contributed by atoms with van der Waals surface area (Å²) >= 11 is 0. The number of benzene rings is 5. The topological polar surface area (TPSA) is 18.8 Å². The summed E-state index contributed by atoms with van der Waals surface area (Å²) in [5.41, 5.74) is 6.85. The lowest BCUT2D eigenvalue weighted by molar-refractivity contribution is 0.114. The van der Waals surface area contributed by atoms with Crippen LogP contribution in [-0.2, 0) is 0 Å². The van der Waals surface area contributed by atoms with Crippen LogP contribution in [0.5, 0.6) is 0 Å². The molecular weight excluding hydrogens is 426 g/mol. The van der Waals surface area contributed by atoms with Crippen molar-refractivity contribution in [2.75, 3.05) is 26.2 Å². The van der Waals surface area contributed by atoms with Crippen molar-refractivity contribution in [2.24, 2.45) is 5.10 Å². The van der Waals surface area contributed by atoms with E-state index < -0.39 is 0 Å². The number of hydrogen-bond acceptors (Lipinski definition) is 3. The predicted molar refractivity (Wildman–Crippen MR) is 146 cm³/mol. The van der Waals surface area contributed by atoms with E-state index in [1.165, 1.54) is 49.4 Å². The Morgan fingerprint density at radius 2 is 1.11 bits per heavy atom. The zero-order valence-corrected chi connectivity index (χ0v) is 19.6. The summed E-state index contributed by atoms with van der Waals surface area (Å²) in [5, 5.41) is 12.3. The lowest BCUT2D eigenvalue weighted by Gasteiger charge is -2.37. The Morgan fingerprint density at radius 1 is 0.600 bits per heavy atom. The number of nitrogens with zero attached hydrogens (tertiary/aromatic N) is 3. The van der Waals surface area contributed by atoms with Crippen molar-refractivity contribution in [1.29, 1.82) is 0 Å². The summed E-state index contributed by atoms with van der Waals surface area (Å²) in [5.74, 6) is 0. The molecule has 0 bridgehead atoms. The van der Waals surface area contributed by atoms with Gasteiger partial charge in [-0.15, -0.1) is 0 Å². The molecule has 2 aliphatic rings. The molecule has 0 unspecified atom stereocenters. The standard InChI is InChI=1S/C32H27N3/c1-3-11-25-23(9-1)21-24-10-2-4-12-26(24)31(25)22-33-35-19-17-34(18-20-35)32-29-15-7-5-13-27(29)28-14-6-8-16-30(28)32/h1-16,21-22,32H,17-20H2/b33-22-. The number of hydrogen-bond donors (Lipinski definition) is 0. The fourth-order valence-electron chi connectivity index (χ4n) is 5.93. The van der Waals surface area contributed by atoms with Gasteiger partial charge in [-0.2, -0.15) is 5.10 Å².